The molecule has 1 atom stereocenters. The molecule has 0 bridgehead atoms. The summed E-state index contributed by atoms with van der Waals surface area (Å²) in [5.41, 5.74) is 3.65. The van der Waals surface area contributed by atoms with Crippen molar-refractivity contribution in [2.24, 2.45) is 5.10 Å². The van der Waals surface area contributed by atoms with Gasteiger partial charge in [-0.25, -0.2) is 5.43 Å². The van der Waals surface area contributed by atoms with Gasteiger partial charge in [-0.2, -0.15) is 5.10 Å². The summed E-state index contributed by atoms with van der Waals surface area (Å²) < 4.78 is 0. The molecule has 1 unspecified atom stereocenters. The average molecular weight is 315 g/mol. The smallest absolute Gasteiger partial charge is 0.273 e. The van der Waals surface area contributed by atoms with Gasteiger partial charge in [0.1, 0.15) is 0 Å². The summed E-state index contributed by atoms with van der Waals surface area (Å²) in [5, 5.41) is 14.2. The first-order valence-electron chi connectivity index (χ1n) is 6.65. The highest BCUT2D eigenvalue weighted by molar-refractivity contribution is 6.32. The van der Waals surface area contributed by atoms with E-state index in [0.717, 1.165) is 5.56 Å². The van der Waals surface area contributed by atoms with Gasteiger partial charge in [-0.1, -0.05) is 66.2 Å². The standard InChI is InChI=1S/C17H15ClN2O2/c18-15-11-5-4-7-13(15)10-6-12-19-20-17(22)16(21)14-8-2-1-3-9-14/h1-12,16,21H,(H,20,22)/b10-6+,19-12+. The van der Waals surface area contributed by atoms with E-state index in [-0.39, 0.29) is 0 Å². The van der Waals surface area contributed by atoms with Crippen molar-refractivity contribution in [1.82, 2.24) is 5.43 Å². The van der Waals surface area contributed by atoms with Gasteiger partial charge >= 0.3 is 0 Å². The number of carbonyl (C=O) groups excluding carboxylic acids is 1. The van der Waals surface area contributed by atoms with Gasteiger partial charge in [0.2, 0.25) is 0 Å². The van der Waals surface area contributed by atoms with E-state index in [0.29, 0.717) is 10.6 Å². The molecule has 0 aliphatic rings. The summed E-state index contributed by atoms with van der Waals surface area (Å²) in [5.74, 6) is -0.589. The highest BCUT2D eigenvalue weighted by Gasteiger charge is 2.15. The largest absolute Gasteiger partial charge is 0.378 e. The van der Waals surface area contributed by atoms with Gasteiger partial charge in [-0.3, -0.25) is 4.79 Å². The molecule has 0 saturated carbocycles. The van der Waals surface area contributed by atoms with Gasteiger partial charge in [0.05, 0.1) is 0 Å². The Morgan fingerprint density at radius 3 is 2.55 bits per heavy atom. The van der Waals surface area contributed by atoms with Crippen molar-refractivity contribution in [3.8, 4) is 0 Å². The van der Waals surface area contributed by atoms with Crippen LogP contribution in [0.3, 0.4) is 0 Å². The number of allylic oxidation sites excluding steroid dienone is 1. The van der Waals surface area contributed by atoms with E-state index >= 15 is 0 Å². The van der Waals surface area contributed by atoms with Crippen LogP contribution in [0, 0.1) is 0 Å². The number of aliphatic hydroxyl groups is 1. The molecule has 0 spiro atoms. The number of halogens is 1. The van der Waals surface area contributed by atoms with Crippen molar-refractivity contribution < 1.29 is 9.90 Å². The number of nitrogens with one attached hydrogen (secondary N) is 1. The molecule has 4 nitrogen and oxygen atoms in total. The van der Waals surface area contributed by atoms with Gasteiger partial charge in [0.15, 0.2) is 6.10 Å². The van der Waals surface area contributed by atoms with Gasteiger partial charge in [0.25, 0.3) is 5.91 Å². The quantitative estimate of drug-likeness (QED) is 0.657. The van der Waals surface area contributed by atoms with Crippen LogP contribution in [0.2, 0.25) is 5.02 Å². The summed E-state index contributed by atoms with van der Waals surface area (Å²) in [7, 11) is 0. The lowest BCUT2D eigenvalue weighted by molar-refractivity contribution is -0.129. The third-order valence-electron chi connectivity index (χ3n) is 2.88. The molecule has 0 heterocycles. The molecule has 0 radical (unpaired) electrons. The maximum absolute atomic E-state index is 11.7. The predicted octanol–water partition coefficient (Wildman–Crippen LogP) is 3.19. The molecule has 0 aromatic heterocycles. The Morgan fingerprint density at radius 1 is 1.14 bits per heavy atom. The van der Waals surface area contributed by atoms with E-state index in [1.54, 1.807) is 42.5 Å². The maximum Gasteiger partial charge on any atom is 0.273 e. The van der Waals surface area contributed by atoms with Crippen LogP contribution in [0.5, 0.6) is 0 Å². The van der Waals surface area contributed by atoms with Gasteiger partial charge < -0.3 is 5.11 Å². The molecule has 0 aliphatic heterocycles. The van der Waals surface area contributed by atoms with Crippen LogP contribution in [0.1, 0.15) is 17.2 Å². The van der Waals surface area contributed by atoms with Crippen molar-refractivity contribution in [1.29, 1.82) is 0 Å². The van der Waals surface area contributed by atoms with Crippen molar-refractivity contribution >= 4 is 29.8 Å². The number of nitrogens with zero attached hydrogens (tertiary/aromatic N) is 1. The minimum absolute atomic E-state index is 0.516. The zero-order valence-electron chi connectivity index (χ0n) is 11.7. The highest BCUT2D eigenvalue weighted by Crippen LogP contribution is 2.15. The monoisotopic (exact) mass is 314 g/mol. The van der Waals surface area contributed by atoms with Crippen LogP contribution in [-0.2, 0) is 4.79 Å². The fourth-order valence-corrected chi connectivity index (χ4v) is 1.95. The summed E-state index contributed by atoms with van der Waals surface area (Å²) in [4.78, 5) is 11.7. The van der Waals surface area contributed by atoms with E-state index < -0.39 is 12.0 Å². The lowest BCUT2D eigenvalue weighted by atomic mass is 10.1. The third-order valence-corrected chi connectivity index (χ3v) is 3.22. The van der Waals surface area contributed by atoms with Gasteiger partial charge in [-0.15, -0.1) is 0 Å². The second-order valence-electron chi connectivity index (χ2n) is 4.45. The van der Waals surface area contributed by atoms with Crippen LogP contribution in [0.25, 0.3) is 6.08 Å². The number of carbonyl (C=O) groups is 1. The topological polar surface area (TPSA) is 61.7 Å². The second kappa shape index (κ2) is 8.12. The maximum atomic E-state index is 11.7. The number of benzene rings is 2. The average Bonchev–Trinajstić information content (AvgIpc) is 2.56. The number of hydrogen-bond acceptors (Lipinski definition) is 3. The van der Waals surface area contributed by atoms with Crippen LogP contribution in [0.4, 0.5) is 0 Å². The molecule has 22 heavy (non-hydrogen) atoms. The number of aliphatic hydroxyl groups excluding tert-OH is 1. The number of amides is 1. The van der Waals surface area contributed by atoms with Crippen molar-refractivity contribution in [2.75, 3.05) is 0 Å². The van der Waals surface area contributed by atoms with Gasteiger partial charge in [0, 0.05) is 11.2 Å². The number of hydrazone groups is 1. The predicted molar refractivity (Wildman–Crippen MR) is 88.5 cm³/mol. The molecule has 0 fully saturated rings. The molecule has 2 rings (SSSR count). The molecule has 2 aromatic rings. The second-order valence-corrected chi connectivity index (χ2v) is 4.86. The summed E-state index contributed by atoms with van der Waals surface area (Å²) in [6.07, 6.45) is 3.59. The molecule has 2 aromatic carbocycles. The molecular formula is C17H15ClN2O2. The Labute approximate surface area is 133 Å². The van der Waals surface area contributed by atoms with Crippen LogP contribution < -0.4 is 5.43 Å². The van der Waals surface area contributed by atoms with Crippen LogP contribution >= 0.6 is 11.6 Å². The highest BCUT2D eigenvalue weighted by atomic mass is 35.5. The Hall–Kier alpha value is -2.43. The minimum Gasteiger partial charge on any atom is -0.378 e. The zero-order valence-corrected chi connectivity index (χ0v) is 12.4. The van der Waals surface area contributed by atoms with E-state index in [4.69, 9.17) is 11.6 Å². The fraction of sp³-hybridized carbons (Fsp3) is 0.0588. The zero-order chi connectivity index (χ0) is 15.8. The van der Waals surface area contributed by atoms with Crippen LogP contribution in [-0.4, -0.2) is 17.2 Å². The Kier molecular flexibility index (Phi) is 5.89. The molecule has 2 N–H and O–H groups in total. The van der Waals surface area contributed by atoms with E-state index in [1.807, 2.05) is 24.3 Å². The Bertz CT molecular complexity index is 684. The summed E-state index contributed by atoms with van der Waals surface area (Å²) >= 11 is 6.00. The molecule has 112 valence electrons. The van der Waals surface area contributed by atoms with E-state index in [1.165, 1.54) is 6.21 Å². The number of rotatable bonds is 5. The summed E-state index contributed by atoms with van der Waals surface area (Å²) in [6, 6.07) is 16.0. The minimum atomic E-state index is -1.24. The normalized spacial score (nSPS) is 12.6. The van der Waals surface area contributed by atoms with Crippen LogP contribution in [0.15, 0.2) is 65.8 Å². The number of hydrogen-bond donors (Lipinski definition) is 2. The molecule has 5 heteroatoms. The first-order valence-corrected chi connectivity index (χ1v) is 7.03. The molecule has 1 amide bonds. The summed E-state index contributed by atoms with van der Waals surface area (Å²) in [6.45, 7) is 0. The third kappa shape index (κ3) is 4.55. The Morgan fingerprint density at radius 2 is 1.82 bits per heavy atom. The van der Waals surface area contributed by atoms with Crippen molar-refractivity contribution in [3.63, 3.8) is 0 Å². The fourth-order valence-electron chi connectivity index (χ4n) is 1.75. The lowest BCUT2D eigenvalue weighted by Crippen LogP contribution is -2.24. The van der Waals surface area contributed by atoms with Crippen molar-refractivity contribution in [3.05, 3.63) is 76.8 Å². The first kappa shape index (κ1) is 15.9. The Balaban J connectivity index is 1.87. The first-order chi connectivity index (χ1) is 10.7. The lowest BCUT2D eigenvalue weighted by Gasteiger charge is -2.08. The SMILES string of the molecule is O=C(N/N=C/C=C/c1ccccc1Cl)C(O)c1ccccc1. The molecule has 0 aliphatic carbocycles. The van der Waals surface area contributed by atoms with E-state index in [9.17, 15) is 9.90 Å². The van der Waals surface area contributed by atoms with Crippen molar-refractivity contribution in [2.45, 2.75) is 6.10 Å². The molecule has 0 saturated heterocycles. The molecular weight excluding hydrogens is 300 g/mol. The van der Waals surface area contributed by atoms with Gasteiger partial charge in [-0.05, 0) is 23.3 Å². The van der Waals surface area contributed by atoms with E-state index in [2.05, 4.69) is 10.5 Å².